The second-order valence-corrected chi connectivity index (χ2v) is 7.79. The summed E-state index contributed by atoms with van der Waals surface area (Å²) in [5.41, 5.74) is 3.93. The van der Waals surface area contributed by atoms with E-state index in [1.165, 1.54) is 5.56 Å². The van der Waals surface area contributed by atoms with Crippen LogP contribution in [0.2, 0.25) is 0 Å². The molecule has 6 heteroatoms. The maximum atomic E-state index is 13.2. The van der Waals surface area contributed by atoms with Crippen LogP contribution >= 0.6 is 0 Å². The Balaban J connectivity index is 1.44. The Morgan fingerprint density at radius 3 is 2.52 bits per heavy atom. The van der Waals surface area contributed by atoms with E-state index in [0.717, 1.165) is 49.1 Å². The summed E-state index contributed by atoms with van der Waals surface area (Å²) in [6, 6.07) is 15.9. The lowest BCUT2D eigenvalue weighted by molar-refractivity contribution is -0.129. The lowest BCUT2D eigenvalue weighted by Crippen LogP contribution is -2.34. The standard InChI is InChI=1S/C23H24N4O2/c28-22(25-12-5-6-13-25)15-21-24-18-8-2-4-10-20(18)27(21)16-23(29)26-14-11-17-7-1-3-9-19(17)26/h1-4,7-10H,5-6,11-16H2. The number of imidazole rings is 1. The number of likely N-dealkylation sites (tertiary alicyclic amines) is 1. The molecule has 0 atom stereocenters. The highest BCUT2D eigenvalue weighted by molar-refractivity contribution is 5.96. The predicted octanol–water partition coefficient (Wildman–Crippen LogP) is 2.79. The fourth-order valence-electron chi connectivity index (χ4n) is 4.47. The van der Waals surface area contributed by atoms with Gasteiger partial charge in [-0.3, -0.25) is 9.59 Å². The Morgan fingerprint density at radius 2 is 1.66 bits per heavy atom. The molecule has 0 bridgehead atoms. The number of carbonyl (C=O) groups excluding carboxylic acids is 2. The second kappa shape index (κ2) is 7.35. The number of anilines is 1. The molecule has 0 aliphatic carbocycles. The molecule has 2 aliphatic rings. The molecular formula is C23H24N4O2. The van der Waals surface area contributed by atoms with Crippen LogP contribution in [-0.2, 0) is 29.0 Å². The molecule has 3 heterocycles. The summed E-state index contributed by atoms with van der Waals surface area (Å²) in [6.07, 6.45) is 3.25. The lowest BCUT2D eigenvalue weighted by Gasteiger charge is -2.19. The van der Waals surface area contributed by atoms with Gasteiger partial charge in [0.25, 0.3) is 0 Å². The molecule has 2 aromatic carbocycles. The molecule has 5 rings (SSSR count). The molecule has 1 aromatic heterocycles. The number of carbonyl (C=O) groups is 2. The van der Waals surface area contributed by atoms with Crippen molar-refractivity contribution in [1.29, 1.82) is 0 Å². The Morgan fingerprint density at radius 1 is 0.897 bits per heavy atom. The van der Waals surface area contributed by atoms with Crippen molar-refractivity contribution < 1.29 is 9.59 Å². The third-order valence-corrected chi connectivity index (χ3v) is 5.98. The highest BCUT2D eigenvalue weighted by Crippen LogP contribution is 2.28. The van der Waals surface area contributed by atoms with Crippen molar-refractivity contribution in [3.8, 4) is 0 Å². The largest absolute Gasteiger partial charge is 0.342 e. The van der Waals surface area contributed by atoms with Crippen LogP contribution in [0, 0.1) is 0 Å². The molecular weight excluding hydrogens is 364 g/mol. The van der Waals surface area contributed by atoms with Gasteiger partial charge in [-0.25, -0.2) is 4.98 Å². The van der Waals surface area contributed by atoms with Crippen molar-refractivity contribution >= 4 is 28.5 Å². The first-order valence-corrected chi connectivity index (χ1v) is 10.3. The van der Waals surface area contributed by atoms with Crippen LogP contribution < -0.4 is 4.90 Å². The Bertz CT molecular complexity index is 1080. The highest BCUT2D eigenvalue weighted by Gasteiger charge is 2.27. The summed E-state index contributed by atoms with van der Waals surface area (Å²) in [6.45, 7) is 2.54. The summed E-state index contributed by atoms with van der Waals surface area (Å²) in [7, 11) is 0. The van der Waals surface area contributed by atoms with Crippen molar-refractivity contribution in [2.24, 2.45) is 0 Å². The van der Waals surface area contributed by atoms with Gasteiger partial charge in [0.05, 0.1) is 17.5 Å². The van der Waals surface area contributed by atoms with E-state index in [1.807, 2.05) is 56.8 Å². The molecule has 2 amide bonds. The Labute approximate surface area is 169 Å². The van der Waals surface area contributed by atoms with Gasteiger partial charge in [-0.2, -0.15) is 0 Å². The van der Waals surface area contributed by atoms with Gasteiger partial charge in [-0.05, 0) is 43.0 Å². The van der Waals surface area contributed by atoms with Crippen LogP contribution in [0.5, 0.6) is 0 Å². The number of nitrogens with zero attached hydrogens (tertiary/aromatic N) is 4. The molecule has 0 N–H and O–H groups in total. The van der Waals surface area contributed by atoms with Crippen LogP contribution in [-0.4, -0.2) is 45.9 Å². The fourth-order valence-corrected chi connectivity index (χ4v) is 4.47. The number of aromatic nitrogens is 2. The average molecular weight is 388 g/mol. The summed E-state index contributed by atoms with van der Waals surface area (Å²) in [5, 5.41) is 0. The van der Waals surface area contributed by atoms with E-state index in [0.29, 0.717) is 12.4 Å². The first-order chi connectivity index (χ1) is 14.2. The number of fused-ring (bicyclic) bond motifs is 2. The number of hydrogen-bond donors (Lipinski definition) is 0. The maximum Gasteiger partial charge on any atom is 0.247 e. The van der Waals surface area contributed by atoms with E-state index >= 15 is 0 Å². The van der Waals surface area contributed by atoms with E-state index in [-0.39, 0.29) is 24.8 Å². The molecule has 1 fully saturated rings. The molecule has 0 saturated carbocycles. The van der Waals surface area contributed by atoms with E-state index in [2.05, 4.69) is 6.07 Å². The predicted molar refractivity (Wildman–Crippen MR) is 112 cm³/mol. The normalized spacial score (nSPS) is 15.9. The van der Waals surface area contributed by atoms with Crippen molar-refractivity contribution in [2.75, 3.05) is 24.5 Å². The van der Waals surface area contributed by atoms with Gasteiger partial charge >= 0.3 is 0 Å². The quantitative estimate of drug-likeness (QED) is 0.691. The number of hydrogen-bond acceptors (Lipinski definition) is 3. The summed E-state index contributed by atoms with van der Waals surface area (Å²) in [5.74, 6) is 0.801. The molecule has 2 aliphatic heterocycles. The fraction of sp³-hybridized carbons (Fsp3) is 0.348. The lowest BCUT2D eigenvalue weighted by atomic mass is 10.2. The van der Waals surface area contributed by atoms with Gasteiger partial charge < -0.3 is 14.4 Å². The minimum atomic E-state index is 0.0352. The maximum absolute atomic E-state index is 13.2. The van der Waals surface area contributed by atoms with Crippen molar-refractivity contribution in [3.63, 3.8) is 0 Å². The van der Waals surface area contributed by atoms with Gasteiger partial charge in [-0.15, -0.1) is 0 Å². The zero-order valence-corrected chi connectivity index (χ0v) is 16.4. The highest BCUT2D eigenvalue weighted by atomic mass is 16.2. The zero-order valence-electron chi connectivity index (χ0n) is 16.4. The van der Waals surface area contributed by atoms with E-state index in [4.69, 9.17) is 4.98 Å². The van der Waals surface area contributed by atoms with Crippen LogP contribution in [0.25, 0.3) is 11.0 Å². The Hall–Kier alpha value is -3.15. The molecule has 1 saturated heterocycles. The molecule has 29 heavy (non-hydrogen) atoms. The van der Waals surface area contributed by atoms with Crippen LogP contribution in [0.1, 0.15) is 24.2 Å². The van der Waals surface area contributed by atoms with Gasteiger partial charge in [0.15, 0.2) is 0 Å². The van der Waals surface area contributed by atoms with E-state index in [9.17, 15) is 9.59 Å². The second-order valence-electron chi connectivity index (χ2n) is 7.79. The van der Waals surface area contributed by atoms with Gasteiger partial charge in [0.1, 0.15) is 12.4 Å². The summed E-state index contributed by atoms with van der Waals surface area (Å²) >= 11 is 0. The SMILES string of the molecule is O=C(Cc1nc2ccccc2n1CC(=O)N1CCc2ccccc21)N1CCCC1. The topological polar surface area (TPSA) is 58.4 Å². The van der Waals surface area contributed by atoms with Crippen molar-refractivity contribution in [3.05, 3.63) is 59.9 Å². The first kappa shape index (κ1) is 17.9. The number of rotatable bonds is 4. The van der Waals surface area contributed by atoms with E-state index < -0.39 is 0 Å². The van der Waals surface area contributed by atoms with Crippen molar-refractivity contribution in [1.82, 2.24) is 14.5 Å². The Kier molecular flexibility index (Phi) is 4.54. The molecule has 148 valence electrons. The van der Waals surface area contributed by atoms with E-state index in [1.54, 1.807) is 0 Å². The first-order valence-electron chi connectivity index (χ1n) is 10.3. The van der Waals surface area contributed by atoms with Crippen LogP contribution in [0.3, 0.4) is 0 Å². The third-order valence-electron chi connectivity index (χ3n) is 5.98. The molecule has 6 nitrogen and oxygen atoms in total. The smallest absolute Gasteiger partial charge is 0.247 e. The number of para-hydroxylation sites is 3. The number of amides is 2. The van der Waals surface area contributed by atoms with Crippen molar-refractivity contribution in [2.45, 2.75) is 32.2 Å². The van der Waals surface area contributed by atoms with Gasteiger partial charge in [-0.1, -0.05) is 30.3 Å². The van der Waals surface area contributed by atoms with Gasteiger partial charge in [0.2, 0.25) is 11.8 Å². The number of benzene rings is 2. The summed E-state index contributed by atoms with van der Waals surface area (Å²) < 4.78 is 1.92. The van der Waals surface area contributed by atoms with Gasteiger partial charge in [0, 0.05) is 25.3 Å². The minimum Gasteiger partial charge on any atom is -0.342 e. The van der Waals surface area contributed by atoms with Crippen LogP contribution in [0.15, 0.2) is 48.5 Å². The summed E-state index contributed by atoms with van der Waals surface area (Å²) in [4.78, 5) is 34.4. The molecule has 0 radical (unpaired) electrons. The molecule has 0 unspecified atom stereocenters. The van der Waals surface area contributed by atoms with Crippen LogP contribution in [0.4, 0.5) is 5.69 Å². The average Bonchev–Trinajstić information content (AvgIpc) is 3.47. The monoisotopic (exact) mass is 388 g/mol. The molecule has 0 spiro atoms. The zero-order chi connectivity index (χ0) is 19.8. The minimum absolute atomic E-state index is 0.0352. The molecule has 3 aromatic rings. The third kappa shape index (κ3) is 3.28.